The molecule has 0 bridgehead atoms. The molecule has 1 aliphatic rings. The minimum atomic E-state index is -0.666. The van der Waals surface area contributed by atoms with Gasteiger partial charge in [0.1, 0.15) is 17.2 Å². The van der Waals surface area contributed by atoms with E-state index in [0.717, 1.165) is 6.07 Å². The first-order valence-corrected chi connectivity index (χ1v) is 8.82. The number of nitrogens with zero attached hydrogens (tertiary/aromatic N) is 1. The van der Waals surface area contributed by atoms with E-state index in [1.54, 1.807) is 20.8 Å². The van der Waals surface area contributed by atoms with Gasteiger partial charge in [0.25, 0.3) is 5.91 Å². The maximum Gasteiger partial charge on any atom is 0.407 e. The van der Waals surface area contributed by atoms with Gasteiger partial charge in [-0.3, -0.25) is 10.2 Å². The second-order valence-corrected chi connectivity index (χ2v) is 7.50. The second-order valence-electron chi connectivity index (χ2n) is 7.09. The van der Waals surface area contributed by atoms with Gasteiger partial charge in [0.15, 0.2) is 6.61 Å². The molecule has 0 unspecified atom stereocenters. The number of amides is 4. The van der Waals surface area contributed by atoms with Crippen molar-refractivity contribution in [2.75, 3.05) is 19.7 Å². The third-order valence-electron chi connectivity index (χ3n) is 3.46. The summed E-state index contributed by atoms with van der Waals surface area (Å²) in [7, 11) is 0. The summed E-state index contributed by atoms with van der Waals surface area (Å²) in [6, 6.07) is 3.01. The minimum absolute atomic E-state index is 0.0573. The van der Waals surface area contributed by atoms with E-state index in [2.05, 4.69) is 16.2 Å². The molecule has 2 rings (SSSR count). The van der Waals surface area contributed by atoms with Gasteiger partial charge in [-0.2, -0.15) is 0 Å². The van der Waals surface area contributed by atoms with E-state index in [1.165, 1.54) is 17.0 Å². The first kappa shape index (κ1) is 21.5. The average molecular weight is 417 g/mol. The number of carbonyl (C=O) groups excluding carboxylic acids is 3. The Balaban J connectivity index is 1.63. The van der Waals surface area contributed by atoms with Crippen LogP contribution in [0.15, 0.2) is 18.2 Å². The predicted octanol–water partition coefficient (Wildman–Crippen LogP) is 1.81. The summed E-state index contributed by atoms with van der Waals surface area (Å²) >= 11 is 5.55. The fourth-order valence-electron chi connectivity index (χ4n) is 2.16. The highest BCUT2D eigenvalue weighted by atomic mass is 35.5. The van der Waals surface area contributed by atoms with Gasteiger partial charge in [-0.15, -0.1) is 0 Å². The molecule has 1 aromatic rings. The van der Waals surface area contributed by atoms with Gasteiger partial charge < -0.3 is 19.7 Å². The van der Waals surface area contributed by atoms with Gasteiger partial charge in [-0.05, 0) is 32.9 Å². The lowest BCUT2D eigenvalue weighted by Gasteiger charge is -2.39. The molecule has 0 aliphatic carbocycles. The maximum absolute atomic E-state index is 13.3. The Bertz CT molecular complexity index is 750. The molecule has 0 aromatic heterocycles. The van der Waals surface area contributed by atoms with Crippen LogP contribution in [0.2, 0.25) is 5.02 Å². The van der Waals surface area contributed by atoms with Crippen molar-refractivity contribution in [1.82, 2.24) is 21.1 Å². The van der Waals surface area contributed by atoms with Crippen LogP contribution in [-0.4, -0.2) is 54.3 Å². The Hall–Kier alpha value is -2.75. The van der Waals surface area contributed by atoms with Crippen molar-refractivity contribution in [3.05, 3.63) is 29.0 Å². The summed E-state index contributed by atoms with van der Waals surface area (Å²) in [4.78, 5) is 36.6. The first-order valence-electron chi connectivity index (χ1n) is 8.44. The zero-order chi connectivity index (χ0) is 20.9. The second kappa shape index (κ2) is 8.96. The van der Waals surface area contributed by atoms with Crippen LogP contribution in [0.25, 0.3) is 0 Å². The number of hydrogen-bond acceptors (Lipinski definition) is 5. The van der Waals surface area contributed by atoms with Gasteiger partial charge in [0.05, 0.1) is 11.1 Å². The van der Waals surface area contributed by atoms with Gasteiger partial charge in [-0.1, -0.05) is 11.6 Å². The van der Waals surface area contributed by atoms with E-state index in [9.17, 15) is 18.8 Å². The molecule has 3 N–H and O–H groups in total. The number of rotatable bonds is 4. The summed E-state index contributed by atoms with van der Waals surface area (Å²) < 4.78 is 23.5. The summed E-state index contributed by atoms with van der Waals surface area (Å²) in [5, 5.41) is 2.58. The van der Waals surface area contributed by atoms with Crippen LogP contribution in [0.5, 0.6) is 5.75 Å². The predicted molar refractivity (Wildman–Crippen MR) is 98.3 cm³/mol. The largest absolute Gasteiger partial charge is 0.484 e. The number of ether oxygens (including phenoxy) is 2. The van der Waals surface area contributed by atoms with Crippen LogP contribution in [0.1, 0.15) is 20.8 Å². The molecular weight excluding hydrogens is 395 g/mol. The molecule has 0 saturated carbocycles. The lowest BCUT2D eigenvalue weighted by Crippen LogP contribution is -2.64. The molecule has 28 heavy (non-hydrogen) atoms. The molecule has 1 saturated heterocycles. The van der Waals surface area contributed by atoms with Crippen molar-refractivity contribution >= 4 is 29.6 Å². The SMILES string of the molecule is CC(C)(C)OC(=O)NC1CN(C(=O)NNC(=O)COc2ccc(Cl)c(F)c2)C1. The van der Waals surface area contributed by atoms with Gasteiger partial charge >= 0.3 is 12.1 Å². The van der Waals surface area contributed by atoms with Crippen LogP contribution < -0.4 is 20.9 Å². The number of benzene rings is 1. The number of urea groups is 1. The smallest absolute Gasteiger partial charge is 0.407 e. The molecule has 1 heterocycles. The molecular formula is C17H22ClFN4O5. The van der Waals surface area contributed by atoms with Crippen LogP contribution in [-0.2, 0) is 9.53 Å². The Morgan fingerprint density at radius 1 is 1.25 bits per heavy atom. The van der Waals surface area contributed by atoms with Crippen LogP contribution >= 0.6 is 11.6 Å². The third-order valence-corrected chi connectivity index (χ3v) is 3.77. The summed E-state index contributed by atoms with van der Waals surface area (Å²) in [6.45, 7) is 5.39. The van der Waals surface area contributed by atoms with E-state index < -0.39 is 36.1 Å². The molecule has 1 aliphatic heterocycles. The monoisotopic (exact) mass is 416 g/mol. The third kappa shape index (κ3) is 6.76. The number of nitrogens with one attached hydrogen (secondary N) is 3. The van der Waals surface area contributed by atoms with Crippen LogP contribution in [0, 0.1) is 5.82 Å². The Morgan fingerprint density at radius 3 is 2.54 bits per heavy atom. The molecule has 9 nitrogen and oxygen atoms in total. The molecule has 4 amide bonds. The van der Waals surface area contributed by atoms with E-state index in [4.69, 9.17) is 21.1 Å². The zero-order valence-electron chi connectivity index (χ0n) is 15.7. The highest BCUT2D eigenvalue weighted by Crippen LogP contribution is 2.20. The van der Waals surface area contributed by atoms with Gasteiger partial charge in [0, 0.05) is 19.2 Å². The van der Waals surface area contributed by atoms with Crippen molar-refractivity contribution in [2.45, 2.75) is 32.4 Å². The Labute approximate surface area is 166 Å². The van der Waals surface area contributed by atoms with Crippen LogP contribution in [0.4, 0.5) is 14.0 Å². The van der Waals surface area contributed by atoms with Crippen molar-refractivity contribution in [3.8, 4) is 5.75 Å². The molecule has 11 heteroatoms. The molecule has 1 fully saturated rings. The van der Waals surface area contributed by atoms with Gasteiger partial charge in [0.2, 0.25) is 0 Å². The van der Waals surface area contributed by atoms with Gasteiger partial charge in [-0.25, -0.2) is 19.4 Å². The maximum atomic E-state index is 13.3. The number of hydrogen-bond donors (Lipinski definition) is 3. The van der Waals surface area contributed by atoms with Crippen LogP contribution in [0.3, 0.4) is 0 Å². The topological polar surface area (TPSA) is 109 Å². The highest BCUT2D eigenvalue weighted by molar-refractivity contribution is 6.30. The number of carbonyl (C=O) groups is 3. The highest BCUT2D eigenvalue weighted by Gasteiger charge is 2.33. The molecule has 1 aromatic carbocycles. The summed E-state index contributed by atoms with van der Waals surface area (Å²) in [5.74, 6) is -1.17. The molecule has 0 atom stereocenters. The lowest BCUT2D eigenvalue weighted by atomic mass is 10.1. The van der Waals surface area contributed by atoms with E-state index in [1.807, 2.05) is 0 Å². The molecule has 0 radical (unpaired) electrons. The average Bonchev–Trinajstić information content (AvgIpc) is 2.55. The number of alkyl carbamates (subject to hydrolysis) is 1. The fourth-order valence-corrected chi connectivity index (χ4v) is 2.28. The van der Waals surface area contributed by atoms with E-state index in [0.29, 0.717) is 0 Å². The van der Waals surface area contributed by atoms with Crippen molar-refractivity contribution < 1.29 is 28.2 Å². The number of likely N-dealkylation sites (tertiary alicyclic amines) is 1. The number of halogens is 2. The molecule has 154 valence electrons. The normalized spacial score (nSPS) is 14.0. The van der Waals surface area contributed by atoms with Crippen molar-refractivity contribution in [3.63, 3.8) is 0 Å². The summed E-state index contributed by atoms with van der Waals surface area (Å²) in [5.41, 5.74) is 3.80. The quantitative estimate of drug-likeness (QED) is 0.648. The summed E-state index contributed by atoms with van der Waals surface area (Å²) in [6.07, 6.45) is -0.554. The Kier molecular flexibility index (Phi) is 6.90. The number of hydrazine groups is 1. The van der Waals surface area contributed by atoms with E-state index in [-0.39, 0.29) is 29.9 Å². The zero-order valence-corrected chi connectivity index (χ0v) is 16.4. The molecule has 0 spiro atoms. The van der Waals surface area contributed by atoms with Crippen molar-refractivity contribution in [1.29, 1.82) is 0 Å². The van der Waals surface area contributed by atoms with Crippen molar-refractivity contribution in [2.24, 2.45) is 0 Å². The fraction of sp³-hybridized carbons (Fsp3) is 0.471. The minimum Gasteiger partial charge on any atom is -0.484 e. The van der Waals surface area contributed by atoms with E-state index >= 15 is 0 Å². The Morgan fingerprint density at radius 2 is 1.93 bits per heavy atom. The standard InChI is InChI=1S/C17H22ClFN4O5/c1-17(2,3)28-16(26)20-10-7-23(8-10)15(25)22-21-14(24)9-27-11-4-5-12(18)13(19)6-11/h4-6,10H,7-9H2,1-3H3,(H,20,26)(H,21,24)(H,22,25). The first-order chi connectivity index (χ1) is 13.0. The lowest BCUT2D eigenvalue weighted by molar-refractivity contribution is -0.123.